The number of hydrogen-bond donors (Lipinski definition) is 2. The molecule has 1 atom stereocenters. The van der Waals surface area contributed by atoms with Gasteiger partial charge in [-0.15, -0.1) is 0 Å². The van der Waals surface area contributed by atoms with Gasteiger partial charge in [0.05, 0.1) is 24.0 Å². The first kappa shape index (κ1) is 21.2. The van der Waals surface area contributed by atoms with Gasteiger partial charge < -0.3 is 21.0 Å². The van der Waals surface area contributed by atoms with Crippen molar-refractivity contribution < 1.29 is 5.48 Å². The highest BCUT2D eigenvalue weighted by atomic mass is 35.5. The molecule has 0 fully saturated rings. The van der Waals surface area contributed by atoms with Crippen LogP contribution in [-0.4, -0.2) is 42.4 Å². The molecule has 4 N–H and O–H groups in total. The number of anilines is 2. The summed E-state index contributed by atoms with van der Waals surface area (Å²) in [6, 6.07) is 16.5. The van der Waals surface area contributed by atoms with Gasteiger partial charge in [0.1, 0.15) is 5.84 Å². The molecule has 0 radical (unpaired) electrons. The van der Waals surface area contributed by atoms with Crippen molar-refractivity contribution in [1.29, 1.82) is 0 Å². The Hall–Kier alpha value is -2.08. The maximum absolute atomic E-state index is 6.06. The predicted octanol–water partition coefficient (Wildman–Crippen LogP) is 4.22. The van der Waals surface area contributed by atoms with Crippen molar-refractivity contribution in [2.24, 2.45) is 4.99 Å². The molecule has 1 heterocycles. The molecule has 0 saturated carbocycles. The molecular weight excluding hydrogens is 360 g/mol. The van der Waals surface area contributed by atoms with E-state index in [1.807, 2.05) is 18.2 Å². The maximum Gasteiger partial charge on any atom is 0.103 e. The molecule has 0 spiro atoms. The van der Waals surface area contributed by atoms with E-state index in [0.717, 1.165) is 54.8 Å². The van der Waals surface area contributed by atoms with Crippen LogP contribution in [0.2, 0.25) is 5.02 Å². The van der Waals surface area contributed by atoms with Crippen LogP contribution in [0, 0.1) is 0 Å². The topological polar surface area (TPSA) is 71.2 Å². The Morgan fingerprint density at radius 1 is 1.04 bits per heavy atom. The molecule has 1 unspecified atom stereocenters. The first-order valence-electron chi connectivity index (χ1n) is 9.33. The van der Waals surface area contributed by atoms with Crippen molar-refractivity contribution in [1.82, 2.24) is 4.90 Å². The molecule has 0 aromatic heterocycles. The minimum absolute atomic E-state index is 0. The summed E-state index contributed by atoms with van der Waals surface area (Å²) < 4.78 is 0. The lowest BCUT2D eigenvalue weighted by Crippen LogP contribution is -2.26. The quantitative estimate of drug-likeness (QED) is 0.778. The van der Waals surface area contributed by atoms with Crippen molar-refractivity contribution in [2.75, 3.05) is 36.8 Å². The number of nitrogens with one attached hydrogen (secondary N) is 2. The second kappa shape index (κ2) is 10.3. The molecule has 27 heavy (non-hydrogen) atoms. The van der Waals surface area contributed by atoms with E-state index in [1.54, 1.807) is 0 Å². The van der Waals surface area contributed by atoms with Crippen molar-refractivity contribution in [3.05, 3.63) is 59.1 Å². The Balaban J connectivity index is 0.00000261. The normalized spacial score (nSPS) is 17.5. The van der Waals surface area contributed by atoms with E-state index in [-0.39, 0.29) is 11.5 Å². The smallest absolute Gasteiger partial charge is 0.103 e. The van der Waals surface area contributed by atoms with Gasteiger partial charge in [0.15, 0.2) is 0 Å². The Labute approximate surface area is 166 Å². The summed E-state index contributed by atoms with van der Waals surface area (Å²) >= 11 is 6.06. The van der Waals surface area contributed by atoms with Gasteiger partial charge in [-0.2, -0.15) is 0 Å². The molecule has 1 aliphatic rings. The summed E-state index contributed by atoms with van der Waals surface area (Å²) in [5.74, 6) is 1.02. The minimum Gasteiger partial charge on any atom is -0.412 e. The zero-order valence-electron chi connectivity index (χ0n) is 16.0. The lowest BCUT2D eigenvalue weighted by molar-refractivity contribution is 0.313. The molecular formula is C21H29ClN4O. The number of aliphatic imine (C=N–C) groups is 1. The molecule has 0 aliphatic carbocycles. The Bertz CT molecular complexity index is 744. The highest BCUT2D eigenvalue weighted by molar-refractivity contribution is 6.30. The molecule has 1 aliphatic heterocycles. The average Bonchev–Trinajstić information content (AvgIpc) is 2.85. The molecule has 146 valence electrons. The van der Waals surface area contributed by atoms with Gasteiger partial charge in [0.25, 0.3) is 0 Å². The molecule has 0 amide bonds. The van der Waals surface area contributed by atoms with Gasteiger partial charge in [-0.05, 0) is 42.9 Å². The maximum atomic E-state index is 6.06. The molecule has 3 rings (SSSR count). The fourth-order valence-corrected chi connectivity index (χ4v) is 3.35. The van der Waals surface area contributed by atoms with Crippen LogP contribution in [0.3, 0.4) is 0 Å². The fourth-order valence-electron chi connectivity index (χ4n) is 3.22. The van der Waals surface area contributed by atoms with E-state index in [0.29, 0.717) is 0 Å². The highest BCUT2D eigenvalue weighted by Crippen LogP contribution is 2.32. The summed E-state index contributed by atoms with van der Waals surface area (Å²) in [5, 5.41) is 7.93. The number of para-hydroxylation sites is 2. The largest absolute Gasteiger partial charge is 0.412 e. The predicted molar refractivity (Wildman–Crippen MR) is 116 cm³/mol. The second-order valence-electron chi connectivity index (χ2n) is 6.48. The van der Waals surface area contributed by atoms with Crippen LogP contribution in [0.4, 0.5) is 11.4 Å². The second-order valence-corrected chi connectivity index (χ2v) is 6.91. The number of amidine groups is 1. The number of rotatable bonds is 6. The first-order valence-corrected chi connectivity index (χ1v) is 9.71. The fraction of sp³-hybridized carbons (Fsp3) is 0.381. The van der Waals surface area contributed by atoms with Crippen LogP contribution in [0.15, 0.2) is 53.5 Å². The number of likely N-dealkylation sites (N-methyl/N-ethyl adjacent to an activating group) is 1. The molecule has 0 saturated heterocycles. The van der Waals surface area contributed by atoms with Gasteiger partial charge in [-0.3, -0.25) is 4.99 Å². The van der Waals surface area contributed by atoms with Gasteiger partial charge >= 0.3 is 0 Å². The highest BCUT2D eigenvalue weighted by Gasteiger charge is 2.20. The first-order chi connectivity index (χ1) is 12.7. The number of nitrogens with zero attached hydrogens (tertiary/aromatic N) is 2. The van der Waals surface area contributed by atoms with Gasteiger partial charge in [-0.25, -0.2) is 0 Å². The third-order valence-corrected chi connectivity index (χ3v) is 5.07. The lowest BCUT2D eigenvalue weighted by Gasteiger charge is -2.19. The summed E-state index contributed by atoms with van der Waals surface area (Å²) in [6.07, 6.45) is 0.814. The van der Waals surface area contributed by atoms with E-state index in [9.17, 15) is 0 Å². The monoisotopic (exact) mass is 388 g/mol. The summed E-state index contributed by atoms with van der Waals surface area (Å²) in [7, 11) is 0. The zero-order chi connectivity index (χ0) is 18.4. The summed E-state index contributed by atoms with van der Waals surface area (Å²) in [5.41, 5.74) is 3.39. The molecule has 5 nitrogen and oxygen atoms in total. The number of halogens is 1. The SMILES string of the molecule is CCN(CC)CCN=C1CC(c2ccc(Cl)cc2)Nc2ccccc2N1.O. The Morgan fingerprint density at radius 2 is 1.70 bits per heavy atom. The van der Waals surface area contributed by atoms with E-state index < -0.39 is 0 Å². The summed E-state index contributed by atoms with van der Waals surface area (Å²) in [6.45, 7) is 8.30. The minimum atomic E-state index is 0. The standard InChI is InChI=1S/C21H27ClN4.H2O/c1-3-26(4-2)14-13-23-21-15-20(16-9-11-17(22)12-10-16)24-18-7-5-6-8-19(18)25-21;/h5-12,20,24H,3-4,13-15H2,1-2H3,(H,23,25);1H2. The third kappa shape index (κ3) is 5.70. The van der Waals surface area contributed by atoms with Crippen LogP contribution in [-0.2, 0) is 0 Å². The Kier molecular flexibility index (Phi) is 8.10. The van der Waals surface area contributed by atoms with Crippen molar-refractivity contribution in [3.63, 3.8) is 0 Å². The van der Waals surface area contributed by atoms with Gasteiger partial charge in [0.2, 0.25) is 0 Å². The third-order valence-electron chi connectivity index (χ3n) is 4.82. The van der Waals surface area contributed by atoms with Crippen molar-refractivity contribution in [3.8, 4) is 0 Å². The van der Waals surface area contributed by atoms with E-state index in [4.69, 9.17) is 16.6 Å². The van der Waals surface area contributed by atoms with Crippen LogP contribution < -0.4 is 10.6 Å². The van der Waals surface area contributed by atoms with Crippen LogP contribution in [0.25, 0.3) is 0 Å². The molecule has 6 heteroatoms. The average molecular weight is 389 g/mol. The lowest BCUT2D eigenvalue weighted by atomic mass is 10.0. The van der Waals surface area contributed by atoms with Crippen LogP contribution >= 0.6 is 11.6 Å². The van der Waals surface area contributed by atoms with E-state index in [2.05, 4.69) is 59.7 Å². The Morgan fingerprint density at radius 3 is 2.37 bits per heavy atom. The van der Waals surface area contributed by atoms with E-state index in [1.165, 1.54) is 5.56 Å². The van der Waals surface area contributed by atoms with E-state index >= 15 is 0 Å². The molecule has 2 aromatic rings. The zero-order valence-corrected chi connectivity index (χ0v) is 16.8. The summed E-state index contributed by atoms with van der Waals surface area (Å²) in [4.78, 5) is 7.26. The molecule has 0 bridgehead atoms. The van der Waals surface area contributed by atoms with Gasteiger partial charge in [-0.1, -0.05) is 49.7 Å². The number of benzene rings is 2. The van der Waals surface area contributed by atoms with Gasteiger partial charge in [0, 0.05) is 18.0 Å². The van der Waals surface area contributed by atoms with Crippen LogP contribution in [0.1, 0.15) is 31.9 Å². The van der Waals surface area contributed by atoms with Crippen molar-refractivity contribution >= 4 is 28.8 Å². The molecule has 2 aromatic carbocycles. The number of hydrogen-bond acceptors (Lipinski definition) is 3. The van der Waals surface area contributed by atoms with Crippen molar-refractivity contribution in [2.45, 2.75) is 26.3 Å². The van der Waals surface area contributed by atoms with Crippen LogP contribution in [0.5, 0.6) is 0 Å². The number of fused-ring (bicyclic) bond motifs is 1.